The number of nitrogens with zero attached hydrogens (tertiary/aromatic N) is 2. The molecule has 0 aromatic heterocycles. The second-order valence-corrected chi connectivity index (χ2v) is 11.0. The fourth-order valence-electron chi connectivity index (χ4n) is 3.27. The summed E-state index contributed by atoms with van der Waals surface area (Å²) < 4.78 is 26.8. The van der Waals surface area contributed by atoms with E-state index in [1.165, 1.54) is 4.90 Å². The fourth-order valence-corrected chi connectivity index (χ4v) is 4.85. The minimum absolute atomic E-state index is 0.0163. The van der Waals surface area contributed by atoms with Crippen molar-refractivity contribution in [2.24, 2.45) is 0 Å². The smallest absolute Gasteiger partial charge is 0.244 e. The zero-order valence-electron chi connectivity index (χ0n) is 18.5. The Kier molecular flexibility index (Phi) is 10.0. The lowest BCUT2D eigenvalue weighted by Gasteiger charge is -2.33. The van der Waals surface area contributed by atoms with Crippen molar-refractivity contribution in [1.29, 1.82) is 0 Å². The van der Waals surface area contributed by atoms with Crippen molar-refractivity contribution in [3.8, 4) is 0 Å². The molecule has 1 N–H and O–H groups in total. The molecule has 0 unspecified atom stereocenters. The molecule has 0 saturated heterocycles. The summed E-state index contributed by atoms with van der Waals surface area (Å²) in [5.74, 6) is -0.861. The average molecular weight is 579 g/mol. The highest BCUT2D eigenvalue weighted by Gasteiger charge is 2.31. The number of carbonyl (C=O) groups excluding carboxylic acids is 2. The molecule has 2 amide bonds. The highest BCUT2D eigenvalue weighted by molar-refractivity contribution is 9.10. The molecule has 0 aliphatic heterocycles. The summed E-state index contributed by atoms with van der Waals surface area (Å²) in [6.07, 6.45) is 1.36. The quantitative estimate of drug-likeness (QED) is 0.451. The standard InChI is InChI=1S/C22H26BrCl2N3O4S/c1-4-20(22(30)26-5-2)27(13-15-6-9-17(24)12-19(15)25)21(29)14-28(33(3,31)32)18-10-7-16(23)8-11-18/h6-12,20H,4-5,13-14H2,1-3H3,(H,26,30)/t20-/m0/s1. The molecule has 2 aromatic carbocycles. The van der Waals surface area contributed by atoms with Crippen LogP contribution in [0.25, 0.3) is 0 Å². The lowest BCUT2D eigenvalue weighted by molar-refractivity contribution is -0.140. The Balaban J connectivity index is 2.45. The highest BCUT2D eigenvalue weighted by atomic mass is 79.9. The van der Waals surface area contributed by atoms with Crippen molar-refractivity contribution in [2.75, 3.05) is 23.7 Å². The van der Waals surface area contributed by atoms with E-state index in [9.17, 15) is 18.0 Å². The molecule has 0 fully saturated rings. The first-order chi connectivity index (χ1) is 15.5. The van der Waals surface area contributed by atoms with E-state index in [0.29, 0.717) is 34.3 Å². The molecule has 0 radical (unpaired) electrons. The lowest BCUT2D eigenvalue weighted by Crippen LogP contribution is -2.52. The Morgan fingerprint density at radius 1 is 1.09 bits per heavy atom. The lowest BCUT2D eigenvalue weighted by atomic mass is 10.1. The van der Waals surface area contributed by atoms with Crippen LogP contribution in [0.2, 0.25) is 10.0 Å². The molecule has 2 aromatic rings. The van der Waals surface area contributed by atoms with E-state index in [0.717, 1.165) is 15.0 Å². The van der Waals surface area contributed by atoms with Gasteiger partial charge in [-0.05, 0) is 55.3 Å². The van der Waals surface area contributed by atoms with Crippen LogP contribution in [-0.2, 0) is 26.2 Å². The second-order valence-electron chi connectivity index (χ2n) is 7.32. The second kappa shape index (κ2) is 12.1. The summed E-state index contributed by atoms with van der Waals surface area (Å²) in [6.45, 7) is 3.51. The summed E-state index contributed by atoms with van der Waals surface area (Å²) in [6, 6.07) is 10.6. The number of nitrogens with one attached hydrogen (secondary N) is 1. The van der Waals surface area contributed by atoms with Gasteiger partial charge in [0.15, 0.2) is 0 Å². The maximum absolute atomic E-state index is 13.5. The highest BCUT2D eigenvalue weighted by Crippen LogP contribution is 2.25. The molecule has 2 rings (SSSR count). The third-order valence-electron chi connectivity index (χ3n) is 4.89. The number of sulfonamides is 1. The van der Waals surface area contributed by atoms with E-state index in [1.54, 1.807) is 56.3 Å². The molecule has 0 bridgehead atoms. The van der Waals surface area contributed by atoms with Crippen LogP contribution < -0.4 is 9.62 Å². The van der Waals surface area contributed by atoms with E-state index in [1.807, 2.05) is 0 Å². The van der Waals surface area contributed by atoms with Gasteiger partial charge in [-0.2, -0.15) is 0 Å². The number of hydrogen-bond acceptors (Lipinski definition) is 4. The minimum Gasteiger partial charge on any atom is -0.355 e. The largest absolute Gasteiger partial charge is 0.355 e. The van der Waals surface area contributed by atoms with Gasteiger partial charge in [-0.1, -0.05) is 52.1 Å². The SMILES string of the molecule is CCNC(=O)[C@H](CC)N(Cc1ccc(Cl)cc1Cl)C(=O)CN(c1ccc(Br)cc1)S(C)(=O)=O. The van der Waals surface area contributed by atoms with Gasteiger partial charge < -0.3 is 10.2 Å². The average Bonchev–Trinajstić information content (AvgIpc) is 2.73. The predicted molar refractivity (Wildman–Crippen MR) is 136 cm³/mol. The number of anilines is 1. The third kappa shape index (κ3) is 7.60. The molecule has 33 heavy (non-hydrogen) atoms. The Hall–Kier alpha value is -1.81. The van der Waals surface area contributed by atoms with Gasteiger partial charge in [0.05, 0.1) is 11.9 Å². The topological polar surface area (TPSA) is 86.8 Å². The van der Waals surface area contributed by atoms with Crippen LogP contribution in [-0.4, -0.2) is 50.5 Å². The van der Waals surface area contributed by atoms with Gasteiger partial charge in [-0.25, -0.2) is 8.42 Å². The number of benzene rings is 2. The normalized spacial score (nSPS) is 12.2. The fraction of sp³-hybridized carbons (Fsp3) is 0.364. The number of amides is 2. The summed E-state index contributed by atoms with van der Waals surface area (Å²) in [7, 11) is -3.78. The van der Waals surface area contributed by atoms with Gasteiger partial charge in [0.25, 0.3) is 0 Å². The first-order valence-corrected chi connectivity index (χ1v) is 13.6. The van der Waals surface area contributed by atoms with Crippen molar-refractivity contribution in [3.63, 3.8) is 0 Å². The number of carbonyl (C=O) groups is 2. The third-order valence-corrected chi connectivity index (χ3v) is 7.14. The van der Waals surface area contributed by atoms with Gasteiger partial charge in [0.2, 0.25) is 21.8 Å². The molecular formula is C22H26BrCl2N3O4S. The maximum Gasteiger partial charge on any atom is 0.244 e. The van der Waals surface area contributed by atoms with E-state index in [-0.39, 0.29) is 12.5 Å². The van der Waals surface area contributed by atoms with E-state index < -0.39 is 28.5 Å². The van der Waals surface area contributed by atoms with Crippen molar-refractivity contribution < 1.29 is 18.0 Å². The molecule has 0 heterocycles. The molecule has 0 aliphatic carbocycles. The molecule has 180 valence electrons. The molecule has 0 saturated carbocycles. The van der Waals surface area contributed by atoms with Crippen LogP contribution in [0.3, 0.4) is 0 Å². The van der Waals surface area contributed by atoms with Crippen molar-refractivity contribution in [2.45, 2.75) is 32.9 Å². The number of rotatable bonds is 10. The van der Waals surface area contributed by atoms with Gasteiger partial charge in [-0.15, -0.1) is 0 Å². The zero-order valence-corrected chi connectivity index (χ0v) is 22.4. The van der Waals surface area contributed by atoms with E-state index in [4.69, 9.17) is 23.2 Å². The van der Waals surface area contributed by atoms with Crippen molar-refractivity contribution >= 4 is 66.7 Å². The molecule has 11 heteroatoms. The van der Waals surface area contributed by atoms with Crippen LogP contribution in [0.4, 0.5) is 5.69 Å². The summed E-state index contributed by atoms with van der Waals surface area (Å²) >= 11 is 15.6. The molecule has 0 spiro atoms. The summed E-state index contributed by atoms with van der Waals surface area (Å²) in [4.78, 5) is 27.6. The summed E-state index contributed by atoms with van der Waals surface area (Å²) in [5.41, 5.74) is 0.927. The first kappa shape index (κ1) is 27.4. The number of hydrogen-bond donors (Lipinski definition) is 1. The van der Waals surface area contributed by atoms with Gasteiger partial charge in [-0.3, -0.25) is 13.9 Å². The monoisotopic (exact) mass is 577 g/mol. The zero-order chi connectivity index (χ0) is 24.8. The number of likely N-dealkylation sites (N-methyl/N-ethyl adjacent to an activating group) is 1. The van der Waals surface area contributed by atoms with Crippen LogP contribution in [0.5, 0.6) is 0 Å². The van der Waals surface area contributed by atoms with Gasteiger partial charge in [0, 0.05) is 27.6 Å². The molecular weight excluding hydrogens is 553 g/mol. The van der Waals surface area contributed by atoms with E-state index in [2.05, 4.69) is 21.2 Å². The van der Waals surface area contributed by atoms with Gasteiger partial charge in [0.1, 0.15) is 12.6 Å². The first-order valence-electron chi connectivity index (χ1n) is 10.2. The van der Waals surface area contributed by atoms with Gasteiger partial charge >= 0.3 is 0 Å². The predicted octanol–water partition coefficient (Wildman–Crippen LogP) is 4.47. The molecule has 7 nitrogen and oxygen atoms in total. The van der Waals surface area contributed by atoms with Crippen molar-refractivity contribution in [1.82, 2.24) is 10.2 Å². The number of halogens is 3. The van der Waals surface area contributed by atoms with Crippen LogP contribution >= 0.6 is 39.1 Å². The maximum atomic E-state index is 13.5. The Bertz CT molecular complexity index is 1100. The summed E-state index contributed by atoms with van der Waals surface area (Å²) in [5, 5.41) is 3.53. The molecule has 0 aliphatic rings. The van der Waals surface area contributed by atoms with Crippen LogP contribution in [0.15, 0.2) is 46.9 Å². The van der Waals surface area contributed by atoms with Crippen LogP contribution in [0.1, 0.15) is 25.8 Å². The Morgan fingerprint density at radius 3 is 2.24 bits per heavy atom. The van der Waals surface area contributed by atoms with Crippen molar-refractivity contribution in [3.05, 3.63) is 62.5 Å². The Morgan fingerprint density at radius 2 is 1.73 bits per heavy atom. The Labute approximate surface area is 213 Å². The van der Waals surface area contributed by atoms with Crippen LogP contribution in [0, 0.1) is 0 Å². The molecule has 1 atom stereocenters. The minimum atomic E-state index is -3.78. The van der Waals surface area contributed by atoms with E-state index >= 15 is 0 Å².